The SMILES string of the molecule is Cc1ncc2c(n1)CCC[C@H]2NC(=O)N(C1CC1)[C@@H](C)c1ccco1. The zero-order valence-corrected chi connectivity index (χ0v) is 14.7. The van der Waals surface area contributed by atoms with Crippen LogP contribution in [0.1, 0.15) is 67.5 Å². The highest BCUT2D eigenvalue weighted by molar-refractivity contribution is 5.76. The van der Waals surface area contributed by atoms with Crippen LogP contribution in [0.3, 0.4) is 0 Å². The van der Waals surface area contributed by atoms with Gasteiger partial charge in [-0.1, -0.05) is 0 Å². The predicted molar refractivity (Wildman–Crippen MR) is 93.0 cm³/mol. The molecule has 2 heterocycles. The Bertz CT molecular complexity index is 755. The van der Waals surface area contributed by atoms with Crippen molar-refractivity contribution < 1.29 is 9.21 Å². The molecule has 132 valence electrons. The van der Waals surface area contributed by atoms with Gasteiger partial charge in [0.05, 0.1) is 18.3 Å². The van der Waals surface area contributed by atoms with E-state index in [4.69, 9.17) is 4.42 Å². The average Bonchev–Trinajstić information content (AvgIpc) is 3.26. The average molecular weight is 340 g/mol. The Hall–Kier alpha value is -2.37. The Morgan fingerprint density at radius 1 is 1.40 bits per heavy atom. The van der Waals surface area contributed by atoms with Crippen LogP contribution in [0.2, 0.25) is 0 Å². The lowest BCUT2D eigenvalue weighted by molar-refractivity contribution is 0.161. The second-order valence-electron chi connectivity index (χ2n) is 7.04. The first-order chi connectivity index (χ1) is 12.1. The van der Waals surface area contributed by atoms with Gasteiger partial charge in [0.25, 0.3) is 0 Å². The maximum Gasteiger partial charge on any atom is 0.318 e. The standard InChI is InChI=1S/C19H24N4O2/c1-12(18-7-4-10-25-18)23(14-8-9-14)19(24)22-17-6-3-5-16-15(17)11-20-13(2)21-16/h4,7,10-12,14,17H,3,5-6,8-9H2,1-2H3,(H,22,24)/t12-,17+/m0/s1. The summed E-state index contributed by atoms with van der Waals surface area (Å²) in [5, 5.41) is 3.22. The van der Waals surface area contributed by atoms with Crippen LogP contribution in [0.25, 0.3) is 0 Å². The van der Waals surface area contributed by atoms with E-state index >= 15 is 0 Å². The van der Waals surface area contributed by atoms with E-state index in [9.17, 15) is 4.79 Å². The van der Waals surface area contributed by atoms with Crippen molar-refractivity contribution in [3.05, 3.63) is 47.4 Å². The molecule has 1 fully saturated rings. The molecule has 2 aliphatic rings. The molecule has 6 nitrogen and oxygen atoms in total. The first-order valence-electron chi connectivity index (χ1n) is 9.08. The number of nitrogens with zero attached hydrogens (tertiary/aromatic N) is 3. The summed E-state index contributed by atoms with van der Waals surface area (Å²) in [6.45, 7) is 3.93. The van der Waals surface area contributed by atoms with E-state index in [2.05, 4.69) is 15.3 Å². The highest BCUT2D eigenvalue weighted by Gasteiger charge is 2.38. The number of rotatable bonds is 4. The van der Waals surface area contributed by atoms with Crippen molar-refractivity contribution in [3.8, 4) is 0 Å². The number of fused-ring (bicyclic) bond motifs is 1. The third-order valence-corrected chi connectivity index (χ3v) is 5.15. The molecule has 2 atom stereocenters. The van der Waals surface area contributed by atoms with Gasteiger partial charge in [-0.3, -0.25) is 0 Å². The van der Waals surface area contributed by atoms with Crippen LogP contribution in [0.4, 0.5) is 4.79 Å². The fraction of sp³-hybridized carbons (Fsp3) is 0.526. The number of furan rings is 1. The highest BCUT2D eigenvalue weighted by Crippen LogP contribution is 2.35. The van der Waals surface area contributed by atoms with Crippen LogP contribution in [0, 0.1) is 6.92 Å². The summed E-state index contributed by atoms with van der Waals surface area (Å²) in [6.07, 6.45) is 8.57. The van der Waals surface area contributed by atoms with Gasteiger partial charge in [-0.15, -0.1) is 0 Å². The van der Waals surface area contributed by atoms with E-state index in [1.54, 1.807) is 6.26 Å². The van der Waals surface area contributed by atoms with E-state index in [1.807, 2.05) is 37.1 Å². The lowest BCUT2D eigenvalue weighted by atomic mass is 9.92. The number of hydrogen-bond donors (Lipinski definition) is 1. The summed E-state index contributed by atoms with van der Waals surface area (Å²) in [7, 11) is 0. The minimum Gasteiger partial charge on any atom is -0.467 e. The van der Waals surface area contributed by atoms with E-state index in [1.165, 1.54) is 0 Å². The second-order valence-corrected chi connectivity index (χ2v) is 7.04. The van der Waals surface area contributed by atoms with Crippen LogP contribution in [-0.4, -0.2) is 26.9 Å². The Morgan fingerprint density at radius 2 is 2.24 bits per heavy atom. The van der Waals surface area contributed by atoms with Crippen LogP contribution in [-0.2, 0) is 6.42 Å². The number of aryl methyl sites for hydroxylation is 2. The van der Waals surface area contributed by atoms with Crippen molar-refractivity contribution in [3.63, 3.8) is 0 Å². The summed E-state index contributed by atoms with van der Waals surface area (Å²) in [5.74, 6) is 1.61. The van der Waals surface area contributed by atoms with Gasteiger partial charge < -0.3 is 14.6 Å². The van der Waals surface area contributed by atoms with Crippen LogP contribution < -0.4 is 5.32 Å². The molecule has 2 amide bonds. The molecule has 0 unspecified atom stereocenters. The second kappa shape index (κ2) is 6.50. The van der Waals surface area contributed by atoms with Gasteiger partial charge in [0.1, 0.15) is 11.6 Å². The fourth-order valence-electron chi connectivity index (χ4n) is 3.70. The van der Waals surface area contributed by atoms with Crippen LogP contribution in [0.15, 0.2) is 29.0 Å². The molecule has 2 aromatic rings. The van der Waals surface area contributed by atoms with Gasteiger partial charge >= 0.3 is 6.03 Å². The number of carbonyl (C=O) groups excluding carboxylic acids is 1. The number of hydrogen-bond acceptors (Lipinski definition) is 4. The molecule has 0 radical (unpaired) electrons. The summed E-state index contributed by atoms with van der Waals surface area (Å²) in [6, 6.07) is 4.00. The van der Waals surface area contributed by atoms with E-state index in [0.29, 0.717) is 6.04 Å². The van der Waals surface area contributed by atoms with Crippen LogP contribution >= 0.6 is 0 Å². The van der Waals surface area contributed by atoms with Gasteiger partial charge in [0, 0.05) is 23.5 Å². The van der Waals surface area contributed by atoms with Gasteiger partial charge in [-0.25, -0.2) is 14.8 Å². The molecule has 25 heavy (non-hydrogen) atoms. The molecule has 6 heteroatoms. The first kappa shape index (κ1) is 16.1. The first-order valence-corrected chi connectivity index (χ1v) is 9.08. The minimum atomic E-state index is -0.0696. The molecule has 0 aliphatic heterocycles. The van der Waals surface area contributed by atoms with Crippen LogP contribution in [0.5, 0.6) is 0 Å². The van der Waals surface area contributed by atoms with Crippen molar-refractivity contribution in [2.45, 2.75) is 64.1 Å². The molecule has 0 bridgehead atoms. The molecule has 1 N–H and O–H groups in total. The molecule has 2 aliphatic carbocycles. The maximum absolute atomic E-state index is 13.0. The summed E-state index contributed by atoms with van der Waals surface area (Å²) in [4.78, 5) is 23.8. The quantitative estimate of drug-likeness (QED) is 0.921. The fourth-order valence-corrected chi connectivity index (χ4v) is 3.70. The Balaban J connectivity index is 1.53. The number of nitrogens with one attached hydrogen (secondary N) is 1. The summed E-state index contributed by atoms with van der Waals surface area (Å²) >= 11 is 0. The zero-order chi connectivity index (χ0) is 17.4. The Kier molecular flexibility index (Phi) is 4.19. The molecule has 0 aromatic carbocycles. The maximum atomic E-state index is 13.0. The molecular formula is C19H24N4O2. The van der Waals surface area contributed by atoms with Crippen molar-refractivity contribution >= 4 is 6.03 Å². The van der Waals surface area contributed by atoms with Crippen molar-refractivity contribution in [2.24, 2.45) is 0 Å². The summed E-state index contributed by atoms with van der Waals surface area (Å²) < 4.78 is 5.52. The molecular weight excluding hydrogens is 316 g/mol. The normalized spacial score (nSPS) is 20.6. The van der Waals surface area contributed by atoms with Crippen molar-refractivity contribution in [2.75, 3.05) is 0 Å². The third kappa shape index (κ3) is 3.25. The van der Waals surface area contributed by atoms with E-state index in [-0.39, 0.29) is 18.1 Å². The van der Waals surface area contributed by atoms with Crippen molar-refractivity contribution in [1.29, 1.82) is 0 Å². The smallest absolute Gasteiger partial charge is 0.318 e. The predicted octanol–water partition coefficient (Wildman–Crippen LogP) is 3.69. The minimum absolute atomic E-state index is 0.0121. The molecule has 4 rings (SSSR count). The molecule has 1 saturated carbocycles. The van der Waals surface area contributed by atoms with Gasteiger partial charge in [-0.2, -0.15) is 0 Å². The van der Waals surface area contributed by atoms with Gasteiger partial charge in [0.15, 0.2) is 0 Å². The van der Waals surface area contributed by atoms with E-state index < -0.39 is 0 Å². The zero-order valence-electron chi connectivity index (χ0n) is 14.7. The summed E-state index contributed by atoms with van der Waals surface area (Å²) in [5.41, 5.74) is 2.13. The van der Waals surface area contributed by atoms with Crippen molar-refractivity contribution in [1.82, 2.24) is 20.2 Å². The Morgan fingerprint density at radius 3 is 2.96 bits per heavy atom. The highest BCUT2D eigenvalue weighted by atomic mass is 16.3. The lowest BCUT2D eigenvalue weighted by Crippen LogP contribution is -2.44. The Labute approximate surface area is 147 Å². The molecule has 2 aromatic heterocycles. The number of urea groups is 1. The molecule has 0 saturated heterocycles. The van der Waals surface area contributed by atoms with Gasteiger partial charge in [0.2, 0.25) is 0 Å². The number of amides is 2. The van der Waals surface area contributed by atoms with E-state index in [0.717, 1.165) is 54.9 Å². The molecule has 0 spiro atoms. The number of carbonyl (C=O) groups is 1. The third-order valence-electron chi connectivity index (χ3n) is 5.15. The topological polar surface area (TPSA) is 71.3 Å². The largest absolute Gasteiger partial charge is 0.467 e. The lowest BCUT2D eigenvalue weighted by Gasteiger charge is -2.32. The number of aromatic nitrogens is 2. The monoisotopic (exact) mass is 340 g/mol. The van der Waals surface area contributed by atoms with Gasteiger partial charge in [-0.05, 0) is 58.1 Å².